The lowest BCUT2D eigenvalue weighted by atomic mass is 10.1. The second kappa shape index (κ2) is 9.20. The smallest absolute Gasteiger partial charge is 0.175 e. The highest BCUT2D eigenvalue weighted by molar-refractivity contribution is 7.99. The monoisotopic (exact) mass is 440 g/mol. The molecule has 6 nitrogen and oxygen atoms in total. The molecule has 0 unspecified atom stereocenters. The van der Waals surface area contributed by atoms with Crippen LogP contribution in [0.25, 0.3) is 16.7 Å². The molecule has 4 rings (SSSR count). The van der Waals surface area contributed by atoms with E-state index in [1.54, 1.807) is 11.8 Å². The molecule has 1 aliphatic carbocycles. The van der Waals surface area contributed by atoms with Gasteiger partial charge in [0.1, 0.15) is 6.33 Å². The summed E-state index contributed by atoms with van der Waals surface area (Å²) in [4.78, 5) is 14.3. The van der Waals surface area contributed by atoms with Crippen LogP contribution in [0.5, 0.6) is 0 Å². The van der Waals surface area contributed by atoms with Crippen LogP contribution in [-0.4, -0.2) is 32.1 Å². The Morgan fingerprint density at radius 1 is 1.27 bits per heavy atom. The molecular weight excluding hydrogens is 416 g/mol. The number of hydrogen-bond donors (Lipinski definition) is 2. The van der Waals surface area contributed by atoms with Gasteiger partial charge in [-0.2, -0.15) is 0 Å². The molecule has 0 spiro atoms. The Labute approximate surface area is 185 Å². The first-order chi connectivity index (χ1) is 14.5. The molecule has 3 N–H and O–H groups in total. The van der Waals surface area contributed by atoms with Gasteiger partial charge in [-0.1, -0.05) is 55.4 Å². The van der Waals surface area contributed by atoms with E-state index in [1.165, 1.54) is 11.9 Å². The number of allylic oxidation sites excluding steroid dienone is 4. The van der Waals surface area contributed by atoms with E-state index >= 15 is 0 Å². The van der Waals surface area contributed by atoms with Crippen molar-refractivity contribution in [2.45, 2.75) is 49.3 Å². The van der Waals surface area contributed by atoms with E-state index in [1.807, 2.05) is 12.1 Å². The number of benzene rings is 1. The molecule has 156 valence electrons. The second-order valence-electron chi connectivity index (χ2n) is 7.51. The third-order valence-corrected chi connectivity index (χ3v) is 6.01. The molecule has 0 aliphatic heterocycles. The molecule has 0 saturated carbocycles. The Balaban J connectivity index is 1.65. The molecule has 0 atom stereocenters. The quantitative estimate of drug-likeness (QED) is 0.482. The first-order valence-corrected chi connectivity index (χ1v) is 11.3. The average molecular weight is 441 g/mol. The van der Waals surface area contributed by atoms with Gasteiger partial charge in [-0.25, -0.2) is 15.0 Å². The first kappa shape index (κ1) is 20.9. The molecule has 1 aromatic carbocycles. The van der Waals surface area contributed by atoms with Gasteiger partial charge in [-0.15, -0.1) is 0 Å². The summed E-state index contributed by atoms with van der Waals surface area (Å²) in [6.45, 7) is 6.00. The minimum Gasteiger partial charge on any atom is -0.382 e. The molecule has 30 heavy (non-hydrogen) atoms. The number of nitrogens with one attached hydrogen (secondary N) is 1. The maximum atomic E-state index is 6.43. The summed E-state index contributed by atoms with van der Waals surface area (Å²) in [5, 5.41) is 5.00. The number of nitrogen functional groups attached to an aromatic ring is 1. The zero-order chi connectivity index (χ0) is 21.1. The lowest BCUT2D eigenvalue weighted by Gasteiger charge is -2.11. The van der Waals surface area contributed by atoms with Gasteiger partial charge in [0.15, 0.2) is 22.1 Å². The molecule has 2 aromatic heterocycles. The topological polar surface area (TPSA) is 81.7 Å². The number of anilines is 1. The Hall–Kier alpha value is -2.35. The predicted octanol–water partition coefficient (Wildman–Crippen LogP) is 4.94. The summed E-state index contributed by atoms with van der Waals surface area (Å²) in [5.74, 6) is 0.397. The van der Waals surface area contributed by atoms with Crippen molar-refractivity contribution in [3.8, 4) is 0 Å². The van der Waals surface area contributed by atoms with Crippen LogP contribution in [0.15, 0.2) is 52.8 Å². The van der Waals surface area contributed by atoms with Crippen molar-refractivity contribution in [3.05, 3.63) is 53.3 Å². The van der Waals surface area contributed by atoms with Gasteiger partial charge < -0.3 is 15.6 Å². The highest BCUT2D eigenvalue weighted by Gasteiger charge is 2.17. The van der Waals surface area contributed by atoms with E-state index in [9.17, 15) is 0 Å². The zero-order valence-electron chi connectivity index (χ0n) is 17.1. The molecule has 2 heterocycles. The van der Waals surface area contributed by atoms with Crippen molar-refractivity contribution in [1.82, 2.24) is 24.8 Å². The maximum absolute atomic E-state index is 6.43. The van der Waals surface area contributed by atoms with E-state index in [4.69, 9.17) is 22.3 Å². The van der Waals surface area contributed by atoms with E-state index < -0.39 is 0 Å². The van der Waals surface area contributed by atoms with E-state index in [2.05, 4.69) is 58.0 Å². The highest BCUT2D eigenvalue weighted by Crippen LogP contribution is 2.35. The molecule has 1 aliphatic rings. The molecule has 0 bridgehead atoms. The van der Waals surface area contributed by atoms with Crippen molar-refractivity contribution in [3.63, 3.8) is 0 Å². The van der Waals surface area contributed by atoms with Gasteiger partial charge in [-0.3, -0.25) is 0 Å². The maximum Gasteiger partial charge on any atom is 0.175 e. The normalized spacial score (nSPS) is 13.5. The number of nitrogens with zero attached hydrogens (tertiary/aromatic N) is 4. The number of aromatic nitrogens is 4. The number of fused-ring (bicyclic) bond motifs is 1. The van der Waals surface area contributed by atoms with E-state index in [0.717, 1.165) is 47.2 Å². The number of aryl methyl sites for hydroxylation is 1. The third-order valence-electron chi connectivity index (χ3n) is 4.82. The lowest BCUT2D eigenvalue weighted by molar-refractivity contribution is 0.525. The van der Waals surface area contributed by atoms with Crippen LogP contribution < -0.4 is 11.1 Å². The van der Waals surface area contributed by atoms with E-state index in [-0.39, 0.29) is 0 Å². The Morgan fingerprint density at radius 2 is 2.13 bits per heavy atom. The van der Waals surface area contributed by atoms with Crippen LogP contribution in [-0.2, 0) is 6.54 Å². The summed E-state index contributed by atoms with van der Waals surface area (Å²) in [6.07, 6.45) is 9.89. The summed E-state index contributed by atoms with van der Waals surface area (Å²) in [7, 11) is 0. The fourth-order valence-corrected chi connectivity index (χ4v) is 4.71. The van der Waals surface area contributed by atoms with Crippen LogP contribution in [0.1, 0.15) is 32.3 Å². The lowest BCUT2D eigenvalue weighted by Crippen LogP contribution is -2.24. The minimum atomic E-state index is 0.397. The van der Waals surface area contributed by atoms with Crippen LogP contribution in [0.3, 0.4) is 0 Å². The third kappa shape index (κ3) is 4.69. The average Bonchev–Trinajstić information content (AvgIpc) is 3.34. The number of rotatable bonds is 8. The SMILES string of the molecule is CC(C)NCCCn1c(Sc2cc(Cl)cc(C3=CCC=C3)c2)nc2c(N)ncnc21. The van der Waals surface area contributed by atoms with Gasteiger partial charge in [-0.05, 0) is 48.7 Å². The van der Waals surface area contributed by atoms with Crippen LogP contribution in [0.2, 0.25) is 5.02 Å². The number of imidazole rings is 1. The largest absolute Gasteiger partial charge is 0.382 e. The highest BCUT2D eigenvalue weighted by atomic mass is 35.5. The van der Waals surface area contributed by atoms with Crippen molar-refractivity contribution in [2.24, 2.45) is 0 Å². The van der Waals surface area contributed by atoms with Crippen LogP contribution in [0, 0.1) is 0 Å². The summed E-state index contributed by atoms with van der Waals surface area (Å²) < 4.78 is 2.12. The fourth-order valence-electron chi connectivity index (χ4n) is 3.41. The van der Waals surface area contributed by atoms with Gasteiger partial charge in [0.05, 0.1) is 0 Å². The molecule has 0 saturated heterocycles. The minimum absolute atomic E-state index is 0.397. The molecule has 0 amide bonds. The predicted molar refractivity (Wildman–Crippen MR) is 125 cm³/mol. The molecule has 0 radical (unpaired) electrons. The van der Waals surface area contributed by atoms with Crippen molar-refractivity contribution >= 4 is 45.9 Å². The summed E-state index contributed by atoms with van der Waals surface area (Å²) >= 11 is 8.00. The number of halogens is 1. The number of hydrogen-bond acceptors (Lipinski definition) is 6. The summed E-state index contributed by atoms with van der Waals surface area (Å²) in [6, 6.07) is 6.57. The Bertz CT molecular complexity index is 1120. The fraction of sp³-hybridized carbons (Fsp3) is 0.318. The van der Waals surface area contributed by atoms with Gasteiger partial charge in [0, 0.05) is 22.5 Å². The van der Waals surface area contributed by atoms with Crippen molar-refractivity contribution in [2.75, 3.05) is 12.3 Å². The molecule has 8 heteroatoms. The Kier molecular flexibility index (Phi) is 6.41. The van der Waals surface area contributed by atoms with Crippen LogP contribution >= 0.6 is 23.4 Å². The summed E-state index contributed by atoms with van der Waals surface area (Å²) in [5.41, 5.74) is 9.78. The van der Waals surface area contributed by atoms with Gasteiger partial charge >= 0.3 is 0 Å². The van der Waals surface area contributed by atoms with Crippen molar-refractivity contribution < 1.29 is 0 Å². The van der Waals surface area contributed by atoms with Crippen molar-refractivity contribution in [1.29, 1.82) is 0 Å². The van der Waals surface area contributed by atoms with Gasteiger partial charge in [0.2, 0.25) is 0 Å². The van der Waals surface area contributed by atoms with E-state index in [0.29, 0.717) is 22.4 Å². The molecule has 3 aromatic rings. The Morgan fingerprint density at radius 3 is 2.90 bits per heavy atom. The molecular formula is C22H25ClN6S. The van der Waals surface area contributed by atoms with Gasteiger partial charge in [0.25, 0.3) is 0 Å². The zero-order valence-corrected chi connectivity index (χ0v) is 18.7. The standard InChI is InChI=1S/C22H25ClN6S/c1-14(2)25-8-5-9-29-21-19(20(24)26-13-27-21)28-22(29)30-18-11-16(10-17(23)12-18)15-6-3-4-7-15/h3,6-7,10-14,25H,4-5,8-9H2,1-2H3,(H2,24,26,27). The van der Waals surface area contributed by atoms with Crippen LogP contribution in [0.4, 0.5) is 5.82 Å². The second-order valence-corrected chi connectivity index (χ2v) is 8.99. The number of nitrogens with two attached hydrogens (primary N) is 1. The molecule has 0 fully saturated rings. The first-order valence-electron chi connectivity index (χ1n) is 10.1.